The summed E-state index contributed by atoms with van der Waals surface area (Å²) < 4.78 is 0. The van der Waals surface area contributed by atoms with Crippen molar-refractivity contribution in [2.75, 3.05) is 13.7 Å². The lowest BCUT2D eigenvalue weighted by molar-refractivity contribution is -0.0905. The predicted molar refractivity (Wildman–Crippen MR) is 27.2 cm³/mol. The molecule has 1 radical (unpaired) electrons. The van der Waals surface area contributed by atoms with Gasteiger partial charge in [0.15, 0.2) is 0 Å². The van der Waals surface area contributed by atoms with Crippen LogP contribution in [0.2, 0.25) is 0 Å². The van der Waals surface area contributed by atoms with Crippen LogP contribution in [-0.4, -0.2) is 18.7 Å². The highest BCUT2D eigenvalue weighted by Gasteiger charge is 2.09. The number of hydrogen-bond donors (Lipinski definition) is 0. The Hall–Kier alpha value is -0.0800. The van der Waals surface area contributed by atoms with Gasteiger partial charge in [-0.05, 0) is 12.8 Å². The second kappa shape index (κ2) is 2.28. The van der Waals surface area contributed by atoms with Gasteiger partial charge >= 0.3 is 0 Å². The molecule has 0 saturated carbocycles. The van der Waals surface area contributed by atoms with Gasteiger partial charge in [-0.2, -0.15) is 5.06 Å². The van der Waals surface area contributed by atoms with Gasteiger partial charge in [0.1, 0.15) is 0 Å². The summed E-state index contributed by atoms with van der Waals surface area (Å²) in [7, 11) is 1.70. The Balaban J connectivity index is 2.14. The average Bonchev–Trinajstić information content (AvgIpc) is 2.14. The van der Waals surface area contributed by atoms with Gasteiger partial charge in [-0.15, -0.1) is 0 Å². The summed E-state index contributed by atoms with van der Waals surface area (Å²) in [6.07, 6.45) is 2.42. The van der Waals surface area contributed by atoms with Crippen LogP contribution in [0.3, 0.4) is 0 Å². The molecule has 0 aromatic rings. The van der Waals surface area contributed by atoms with Crippen molar-refractivity contribution in [3.05, 3.63) is 6.54 Å². The lowest BCUT2D eigenvalue weighted by Crippen LogP contribution is -2.12. The summed E-state index contributed by atoms with van der Waals surface area (Å²) in [5, 5.41) is 1.86. The smallest absolute Gasteiger partial charge is 0.0575 e. The van der Waals surface area contributed by atoms with E-state index in [-0.39, 0.29) is 0 Å². The molecule has 0 bridgehead atoms. The van der Waals surface area contributed by atoms with Crippen LogP contribution in [-0.2, 0) is 4.84 Å². The molecule has 0 unspecified atom stereocenters. The molecule has 0 N–H and O–H groups in total. The van der Waals surface area contributed by atoms with Crippen LogP contribution in [0, 0.1) is 6.54 Å². The molecular weight excluding hydrogens is 90.1 g/mol. The zero-order valence-corrected chi connectivity index (χ0v) is 4.55. The molecule has 1 fully saturated rings. The molecule has 1 rings (SSSR count). The molecular formula is C5H10NO. The molecule has 0 aromatic heterocycles. The van der Waals surface area contributed by atoms with Crippen molar-refractivity contribution in [3.63, 3.8) is 0 Å². The summed E-state index contributed by atoms with van der Waals surface area (Å²) >= 11 is 0. The summed E-state index contributed by atoms with van der Waals surface area (Å²) in [6.45, 7) is 3.14. The maximum atomic E-state index is 4.89. The minimum Gasteiger partial charge on any atom is -0.302 e. The van der Waals surface area contributed by atoms with Crippen molar-refractivity contribution in [3.8, 4) is 0 Å². The fourth-order valence-electron chi connectivity index (χ4n) is 0.740. The topological polar surface area (TPSA) is 12.5 Å². The minimum absolute atomic E-state index is 1.07. The number of rotatable bonds is 1. The molecule has 1 aliphatic rings. The quantitative estimate of drug-likeness (QED) is 0.483. The molecule has 0 spiro atoms. The van der Waals surface area contributed by atoms with Crippen molar-refractivity contribution in [1.29, 1.82) is 0 Å². The van der Waals surface area contributed by atoms with E-state index in [1.807, 2.05) is 5.06 Å². The van der Waals surface area contributed by atoms with Gasteiger partial charge in [-0.3, -0.25) is 0 Å². The highest BCUT2D eigenvalue weighted by atomic mass is 16.7. The van der Waals surface area contributed by atoms with Crippen molar-refractivity contribution in [2.24, 2.45) is 0 Å². The molecule has 0 amide bonds. The summed E-state index contributed by atoms with van der Waals surface area (Å²) in [6, 6.07) is 0. The Morgan fingerprint density at radius 1 is 1.71 bits per heavy atom. The lowest BCUT2D eigenvalue weighted by atomic mass is 10.4. The first-order valence-electron chi connectivity index (χ1n) is 2.57. The normalized spacial score (nSPS) is 23.6. The van der Waals surface area contributed by atoms with Crippen LogP contribution < -0.4 is 0 Å². The second-order valence-corrected chi connectivity index (χ2v) is 1.65. The highest BCUT2D eigenvalue weighted by molar-refractivity contribution is 4.69. The fraction of sp³-hybridized carbons (Fsp3) is 0.800. The maximum absolute atomic E-state index is 4.89. The van der Waals surface area contributed by atoms with Crippen LogP contribution in [0.4, 0.5) is 0 Å². The Kier molecular flexibility index (Phi) is 1.65. The van der Waals surface area contributed by atoms with Crippen LogP contribution in [0.25, 0.3) is 0 Å². The monoisotopic (exact) mass is 100 g/mol. The molecule has 1 saturated heterocycles. The van der Waals surface area contributed by atoms with Gasteiger partial charge < -0.3 is 4.84 Å². The third-order valence-corrected chi connectivity index (χ3v) is 1.15. The van der Waals surface area contributed by atoms with Gasteiger partial charge in [0, 0.05) is 6.54 Å². The Morgan fingerprint density at radius 3 is 2.86 bits per heavy atom. The molecule has 41 valence electrons. The van der Waals surface area contributed by atoms with Gasteiger partial charge in [0.2, 0.25) is 0 Å². The van der Waals surface area contributed by atoms with Crippen molar-refractivity contribution < 1.29 is 4.84 Å². The minimum atomic E-state index is 1.07. The molecule has 7 heavy (non-hydrogen) atoms. The highest BCUT2D eigenvalue weighted by Crippen LogP contribution is 2.10. The fourth-order valence-corrected chi connectivity index (χ4v) is 0.740. The van der Waals surface area contributed by atoms with E-state index in [0.29, 0.717) is 0 Å². The molecule has 0 aliphatic carbocycles. The van der Waals surface area contributed by atoms with E-state index in [4.69, 9.17) is 4.84 Å². The van der Waals surface area contributed by atoms with E-state index in [9.17, 15) is 0 Å². The largest absolute Gasteiger partial charge is 0.302 e. The number of hydroxylamine groups is 2. The molecule has 1 heterocycles. The Bertz CT molecular complexity index is 50.0. The van der Waals surface area contributed by atoms with Crippen LogP contribution >= 0.6 is 0 Å². The summed E-state index contributed by atoms with van der Waals surface area (Å²) in [4.78, 5) is 4.89. The summed E-state index contributed by atoms with van der Waals surface area (Å²) in [5.41, 5.74) is 0. The van der Waals surface area contributed by atoms with Crippen LogP contribution in [0.15, 0.2) is 0 Å². The van der Waals surface area contributed by atoms with Crippen molar-refractivity contribution >= 4 is 0 Å². The standard InChI is InChI=1S/C5H10NO/c1-7-6-4-2-3-5-6/h4H,2-3,5H2,1H3. The molecule has 0 aromatic carbocycles. The summed E-state index contributed by atoms with van der Waals surface area (Å²) in [5.74, 6) is 0. The van der Waals surface area contributed by atoms with Gasteiger partial charge in [-0.25, -0.2) is 0 Å². The first-order chi connectivity index (χ1) is 3.43. The van der Waals surface area contributed by atoms with Gasteiger partial charge in [0.25, 0.3) is 0 Å². The third kappa shape index (κ3) is 1.14. The van der Waals surface area contributed by atoms with E-state index in [2.05, 4.69) is 6.54 Å². The van der Waals surface area contributed by atoms with Crippen molar-refractivity contribution in [1.82, 2.24) is 5.06 Å². The van der Waals surface area contributed by atoms with E-state index in [0.717, 1.165) is 6.54 Å². The number of nitrogens with zero attached hydrogens (tertiary/aromatic N) is 1. The number of hydrogen-bond acceptors (Lipinski definition) is 2. The third-order valence-electron chi connectivity index (χ3n) is 1.15. The van der Waals surface area contributed by atoms with Crippen molar-refractivity contribution in [2.45, 2.75) is 12.8 Å². The Morgan fingerprint density at radius 2 is 2.57 bits per heavy atom. The predicted octanol–water partition coefficient (Wildman–Crippen LogP) is 0.805. The van der Waals surface area contributed by atoms with Gasteiger partial charge in [0.05, 0.1) is 13.7 Å². The Labute approximate surface area is 44.0 Å². The second-order valence-electron chi connectivity index (χ2n) is 1.65. The average molecular weight is 100 g/mol. The van der Waals surface area contributed by atoms with Crippen LogP contribution in [0.5, 0.6) is 0 Å². The van der Waals surface area contributed by atoms with Gasteiger partial charge in [-0.1, -0.05) is 0 Å². The zero-order chi connectivity index (χ0) is 5.11. The first kappa shape index (κ1) is 5.06. The zero-order valence-electron chi connectivity index (χ0n) is 4.55. The lowest BCUT2D eigenvalue weighted by Gasteiger charge is -2.07. The SMILES string of the molecule is CON1[CH]CCC1. The van der Waals surface area contributed by atoms with E-state index >= 15 is 0 Å². The molecule has 2 heteroatoms. The molecule has 0 atom stereocenters. The molecule has 2 nitrogen and oxygen atoms in total. The first-order valence-corrected chi connectivity index (χ1v) is 2.57. The van der Waals surface area contributed by atoms with E-state index in [1.165, 1.54) is 12.8 Å². The maximum Gasteiger partial charge on any atom is 0.0575 e. The van der Waals surface area contributed by atoms with Crippen LogP contribution in [0.1, 0.15) is 12.8 Å². The molecule has 1 aliphatic heterocycles. The van der Waals surface area contributed by atoms with E-state index < -0.39 is 0 Å². The van der Waals surface area contributed by atoms with E-state index in [1.54, 1.807) is 7.11 Å².